The molecule has 0 aliphatic carbocycles. The lowest BCUT2D eigenvalue weighted by Crippen LogP contribution is -2.35. The van der Waals surface area contributed by atoms with Crippen LogP contribution in [-0.2, 0) is 6.54 Å². The Hall–Kier alpha value is -1.99. The molecule has 0 aliphatic rings. The van der Waals surface area contributed by atoms with E-state index in [0.29, 0.717) is 6.54 Å². The fourth-order valence-electron chi connectivity index (χ4n) is 1.52. The molecule has 1 N–H and O–H groups in total. The predicted molar refractivity (Wildman–Crippen MR) is 71.0 cm³/mol. The molecular formula is C14H18N2O2. The van der Waals surface area contributed by atoms with Crippen molar-refractivity contribution in [1.82, 2.24) is 9.80 Å². The molecule has 96 valence electrons. The number of hydrogen-bond acceptors (Lipinski definition) is 2. The minimum absolute atomic E-state index is 0.0286. The molecule has 1 aromatic carbocycles. The number of urea groups is 1. The van der Waals surface area contributed by atoms with Gasteiger partial charge in [0.2, 0.25) is 0 Å². The molecule has 4 heteroatoms. The van der Waals surface area contributed by atoms with Gasteiger partial charge in [-0.25, -0.2) is 4.79 Å². The summed E-state index contributed by atoms with van der Waals surface area (Å²) in [6.45, 7) is 0.423. The van der Waals surface area contributed by atoms with Crippen LogP contribution < -0.4 is 0 Å². The molecule has 4 nitrogen and oxygen atoms in total. The Morgan fingerprint density at radius 1 is 1.22 bits per heavy atom. The quantitative estimate of drug-likeness (QED) is 0.795. The van der Waals surface area contributed by atoms with Gasteiger partial charge in [-0.3, -0.25) is 0 Å². The molecule has 0 saturated carbocycles. The van der Waals surface area contributed by atoms with Crippen LogP contribution in [0.5, 0.6) is 0 Å². The number of amides is 2. The molecule has 18 heavy (non-hydrogen) atoms. The molecule has 0 bridgehead atoms. The Morgan fingerprint density at radius 2 is 1.83 bits per heavy atom. The fourth-order valence-corrected chi connectivity index (χ4v) is 1.52. The Kier molecular flexibility index (Phi) is 5.22. The van der Waals surface area contributed by atoms with Gasteiger partial charge in [-0.2, -0.15) is 0 Å². The zero-order valence-electron chi connectivity index (χ0n) is 11.0. The molecule has 0 fully saturated rings. The summed E-state index contributed by atoms with van der Waals surface area (Å²) in [6, 6.07) is 7.60. The van der Waals surface area contributed by atoms with Crippen LogP contribution in [0.2, 0.25) is 0 Å². The Bertz CT molecular complexity index is 455. The summed E-state index contributed by atoms with van der Waals surface area (Å²) in [5.74, 6) is 5.42. The van der Waals surface area contributed by atoms with Crippen molar-refractivity contribution in [2.24, 2.45) is 0 Å². The van der Waals surface area contributed by atoms with Gasteiger partial charge < -0.3 is 14.9 Å². The first kappa shape index (κ1) is 14.1. The molecule has 0 saturated heterocycles. The number of aliphatic hydroxyl groups is 1. The fraction of sp³-hybridized carbons (Fsp3) is 0.357. The Morgan fingerprint density at radius 3 is 2.33 bits per heavy atom. The average molecular weight is 246 g/mol. The highest BCUT2D eigenvalue weighted by Gasteiger charge is 2.10. The molecule has 0 radical (unpaired) electrons. The molecule has 0 spiro atoms. The van der Waals surface area contributed by atoms with Crippen molar-refractivity contribution in [2.75, 3.05) is 27.7 Å². The molecule has 1 aromatic rings. The molecular weight excluding hydrogens is 228 g/mol. The summed E-state index contributed by atoms with van der Waals surface area (Å²) >= 11 is 0. The second-order valence-corrected chi connectivity index (χ2v) is 4.19. The van der Waals surface area contributed by atoms with E-state index >= 15 is 0 Å². The highest BCUT2D eigenvalue weighted by molar-refractivity contribution is 5.73. The Balaban J connectivity index is 2.66. The standard InChI is InChI=1S/C14H18N2O2/c1-15(2)14(18)16(3)11-13-8-6-12(7-9-13)5-4-10-17/h6-9,17H,10-11H2,1-3H3. The smallest absolute Gasteiger partial charge is 0.319 e. The van der Waals surface area contributed by atoms with Gasteiger partial charge in [0, 0.05) is 33.3 Å². The lowest BCUT2D eigenvalue weighted by Gasteiger charge is -2.21. The minimum atomic E-state index is -0.137. The molecule has 0 aliphatic heterocycles. The maximum absolute atomic E-state index is 11.7. The first-order valence-corrected chi connectivity index (χ1v) is 5.65. The van der Waals surface area contributed by atoms with Crippen LogP contribution in [0.3, 0.4) is 0 Å². The number of rotatable bonds is 2. The van der Waals surface area contributed by atoms with Crippen molar-refractivity contribution in [3.05, 3.63) is 35.4 Å². The highest BCUT2D eigenvalue weighted by Crippen LogP contribution is 2.07. The van der Waals surface area contributed by atoms with Crippen LogP contribution in [0.15, 0.2) is 24.3 Å². The van der Waals surface area contributed by atoms with Gasteiger partial charge in [0.15, 0.2) is 0 Å². The number of carbonyl (C=O) groups is 1. The van der Waals surface area contributed by atoms with E-state index in [-0.39, 0.29) is 12.6 Å². The number of aliphatic hydroxyl groups excluding tert-OH is 1. The normalized spacial score (nSPS) is 9.33. The lowest BCUT2D eigenvalue weighted by atomic mass is 10.1. The van der Waals surface area contributed by atoms with E-state index in [4.69, 9.17) is 5.11 Å². The summed E-state index contributed by atoms with van der Waals surface area (Å²) in [5.41, 5.74) is 1.90. The summed E-state index contributed by atoms with van der Waals surface area (Å²) in [6.07, 6.45) is 0. The van der Waals surface area contributed by atoms with E-state index < -0.39 is 0 Å². The molecule has 0 atom stereocenters. The van der Waals surface area contributed by atoms with Crippen LogP contribution in [0.25, 0.3) is 0 Å². The summed E-state index contributed by atoms with van der Waals surface area (Å²) < 4.78 is 0. The van der Waals surface area contributed by atoms with E-state index in [9.17, 15) is 4.79 Å². The van der Waals surface area contributed by atoms with Crippen molar-refractivity contribution in [2.45, 2.75) is 6.54 Å². The van der Waals surface area contributed by atoms with E-state index in [2.05, 4.69) is 11.8 Å². The van der Waals surface area contributed by atoms with Gasteiger partial charge in [0.25, 0.3) is 0 Å². The summed E-state index contributed by atoms with van der Waals surface area (Å²) in [5, 5.41) is 8.59. The Labute approximate surface area is 108 Å². The van der Waals surface area contributed by atoms with Gasteiger partial charge in [0.05, 0.1) is 0 Å². The van der Waals surface area contributed by atoms with E-state index in [1.54, 1.807) is 30.9 Å². The largest absolute Gasteiger partial charge is 0.384 e. The first-order valence-electron chi connectivity index (χ1n) is 5.65. The van der Waals surface area contributed by atoms with Gasteiger partial charge in [-0.1, -0.05) is 24.0 Å². The SMILES string of the molecule is CN(C)C(=O)N(C)Cc1ccc(C#CCO)cc1. The molecule has 0 unspecified atom stereocenters. The van der Waals surface area contributed by atoms with E-state index in [1.165, 1.54) is 0 Å². The topological polar surface area (TPSA) is 43.8 Å². The van der Waals surface area contributed by atoms with Crippen LogP contribution in [0, 0.1) is 11.8 Å². The van der Waals surface area contributed by atoms with Crippen molar-refractivity contribution < 1.29 is 9.90 Å². The molecule has 1 rings (SSSR count). The minimum Gasteiger partial charge on any atom is -0.384 e. The van der Waals surface area contributed by atoms with Gasteiger partial charge in [-0.15, -0.1) is 0 Å². The monoisotopic (exact) mass is 246 g/mol. The third-order valence-corrected chi connectivity index (χ3v) is 2.39. The molecule has 0 heterocycles. The maximum atomic E-state index is 11.7. The number of benzene rings is 1. The molecule has 0 aromatic heterocycles. The van der Waals surface area contributed by atoms with Crippen LogP contribution in [0.1, 0.15) is 11.1 Å². The van der Waals surface area contributed by atoms with Gasteiger partial charge in [-0.05, 0) is 17.7 Å². The second kappa shape index (κ2) is 6.67. The average Bonchev–Trinajstić information content (AvgIpc) is 2.36. The van der Waals surface area contributed by atoms with Crippen LogP contribution in [0.4, 0.5) is 4.79 Å². The van der Waals surface area contributed by atoms with Gasteiger partial charge in [0.1, 0.15) is 6.61 Å². The van der Waals surface area contributed by atoms with Crippen LogP contribution in [-0.4, -0.2) is 48.7 Å². The second-order valence-electron chi connectivity index (χ2n) is 4.19. The van der Waals surface area contributed by atoms with Crippen molar-refractivity contribution in [1.29, 1.82) is 0 Å². The third kappa shape index (κ3) is 4.11. The molecule has 2 amide bonds. The third-order valence-electron chi connectivity index (χ3n) is 2.39. The maximum Gasteiger partial charge on any atom is 0.319 e. The number of nitrogens with zero attached hydrogens (tertiary/aromatic N) is 2. The summed E-state index contributed by atoms with van der Waals surface area (Å²) in [4.78, 5) is 14.8. The lowest BCUT2D eigenvalue weighted by molar-refractivity contribution is 0.180. The van der Waals surface area contributed by atoms with Crippen molar-refractivity contribution >= 4 is 6.03 Å². The zero-order valence-corrected chi connectivity index (χ0v) is 11.0. The van der Waals surface area contributed by atoms with Gasteiger partial charge >= 0.3 is 6.03 Å². The number of hydrogen-bond donors (Lipinski definition) is 1. The van der Waals surface area contributed by atoms with Crippen molar-refractivity contribution in [3.8, 4) is 11.8 Å². The van der Waals surface area contributed by atoms with Crippen molar-refractivity contribution in [3.63, 3.8) is 0 Å². The number of carbonyl (C=O) groups excluding carboxylic acids is 1. The zero-order chi connectivity index (χ0) is 13.5. The summed E-state index contributed by atoms with van der Waals surface area (Å²) in [7, 11) is 5.22. The first-order chi connectivity index (χ1) is 8.54. The van der Waals surface area contributed by atoms with E-state index in [1.807, 2.05) is 24.3 Å². The van der Waals surface area contributed by atoms with E-state index in [0.717, 1.165) is 11.1 Å². The van der Waals surface area contributed by atoms with Crippen LogP contribution >= 0.6 is 0 Å². The predicted octanol–water partition coefficient (Wildman–Crippen LogP) is 1.14. The highest BCUT2D eigenvalue weighted by atomic mass is 16.2.